The molecule has 0 radical (unpaired) electrons. The molecule has 2 atom stereocenters. The fraction of sp³-hybridized carbons (Fsp3) is 0.818. The largest absolute Gasteiger partial charge is 0.481 e. The maximum absolute atomic E-state index is 11.2. The van der Waals surface area contributed by atoms with Crippen molar-refractivity contribution in [2.75, 3.05) is 6.54 Å². The average Bonchev–Trinajstić information content (AvgIpc) is 2.58. The molecule has 86 valence electrons. The van der Waals surface area contributed by atoms with Crippen LogP contribution in [0, 0.1) is 11.8 Å². The number of carboxylic acid groups (broad SMARTS) is 1. The van der Waals surface area contributed by atoms with Gasteiger partial charge in [0.15, 0.2) is 0 Å². The summed E-state index contributed by atoms with van der Waals surface area (Å²) in [4.78, 5) is 21.4. The van der Waals surface area contributed by atoms with Gasteiger partial charge >= 0.3 is 5.97 Å². The summed E-state index contributed by atoms with van der Waals surface area (Å²) in [6, 6.07) is 0. The van der Waals surface area contributed by atoms with E-state index in [0.29, 0.717) is 12.5 Å². The van der Waals surface area contributed by atoms with Crippen molar-refractivity contribution in [3.8, 4) is 0 Å². The Morgan fingerprint density at radius 1 is 1.33 bits per heavy atom. The van der Waals surface area contributed by atoms with Crippen LogP contribution in [0.25, 0.3) is 0 Å². The normalized spacial score (nSPS) is 25.1. The Balaban J connectivity index is 2.09. The zero-order valence-electron chi connectivity index (χ0n) is 9.16. The number of amides is 1. The molecule has 1 saturated carbocycles. The predicted molar refractivity (Wildman–Crippen MR) is 56.4 cm³/mol. The van der Waals surface area contributed by atoms with Crippen LogP contribution in [0.5, 0.6) is 0 Å². The number of rotatable bonds is 5. The summed E-state index contributed by atoms with van der Waals surface area (Å²) in [5.74, 6) is 0.302. The highest BCUT2D eigenvalue weighted by molar-refractivity contribution is 5.80. The minimum absolute atomic E-state index is 0.0765. The molecule has 1 fully saturated rings. The van der Waals surface area contributed by atoms with Crippen molar-refractivity contribution in [2.45, 2.75) is 39.0 Å². The Morgan fingerprint density at radius 3 is 2.60 bits per heavy atom. The lowest BCUT2D eigenvalue weighted by molar-refractivity contribution is -0.138. The van der Waals surface area contributed by atoms with Crippen molar-refractivity contribution in [2.24, 2.45) is 11.8 Å². The Hall–Kier alpha value is -1.06. The van der Waals surface area contributed by atoms with E-state index < -0.39 is 5.97 Å². The smallest absolute Gasteiger partial charge is 0.303 e. The molecule has 2 N–H and O–H groups in total. The van der Waals surface area contributed by atoms with Crippen LogP contribution in [0.15, 0.2) is 0 Å². The van der Waals surface area contributed by atoms with Crippen LogP contribution in [0.1, 0.15) is 39.0 Å². The third kappa shape index (κ3) is 4.81. The third-order valence-corrected chi connectivity index (χ3v) is 2.96. The van der Waals surface area contributed by atoms with Gasteiger partial charge in [-0.1, -0.05) is 13.3 Å². The molecule has 0 spiro atoms. The number of carbonyl (C=O) groups excluding carboxylic acids is 1. The van der Waals surface area contributed by atoms with Gasteiger partial charge in [0, 0.05) is 13.0 Å². The molecule has 2 unspecified atom stereocenters. The predicted octanol–water partition coefficient (Wildman–Crippen LogP) is 1.40. The molecule has 0 aromatic rings. The summed E-state index contributed by atoms with van der Waals surface area (Å²) in [5.41, 5.74) is 0. The van der Waals surface area contributed by atoms with Crippen LogP contribution in [-0.4, -0.2) is 23.5 Å². The van der Waals surface area contributed by atoms with Gasteiger partial charge in [-0.25, -0.2) is 0 Å². The van der Waals surface area contributed by atoms with Gasteiger partial charge in [-0.05, 0) is 24.7 Å². The molecule has 0 bridgehead atoms. The highest BCUT2D eigenvalue weighted by Crippen LogP contribution is 2.29. The molecule has 15 heavy (non-hydrogen) atoms. The molecule has 0 aliphatic heterocycles. The van der Waals surface area contributed by atoms with Gasteiger partial charge in [0.25, 0.3) is 0 Å². The number of aliphatic carboxylic acids is 1. The van der Waals surface area contributed by atoms with Crippen LogP contribution in [0.2, 0.25) is 0 Å². The van der Waals surface area contributed by atoms with Gasteiger partial charge in [0.05, 0.1) is 6.42 Å². The van der Waals surface area contributed by atoms with Crippen molar-refractivity contribution in [3.05, 3.63) is 0 Å². The van der Waals surface area contributed by atoms with E-state index in [0.717, 1.165) is 5.92 Å². The first-order valence-electron chi connectivity index (χ1n) is 5.56. The van der Waals surface area contributed by atoms with E-state index in [-0.39, 0.29) is 18.7 Å². The monoisotopic (exact) mass is 213 g/mol. The molecule has 0 aromatic carbocycles. The fourth-order valence-electron chi connectivity index (χ4n) is 2.08. The SMILES string of the molecule is CC1CCC(CNC(=O)CCC(=O)O)C1. The lowest BCUT2D eigenvalue weighted by Crippen LogP contribution is -2.28. The number of hydrogen-bond donors (Lipinski definition) is 2. The molecular weight excluding hydrogens is 194 g/mol. The Kier molecular flexibility index (Phi) is 4.59. The van der Waals surface area contributed by atoms with Crippen LogP contribution in [0.3, 0.4) is 0 Å². The first-order valence-corrected chi connectivity index (χ1v) is 5.56. The first-order chi connectivity index (χ1) is 7.08. The van der Waals surface area contributed by atoms with Gasteiger partial charge in [-0.2, -0.15) is 0 Å². The van der Waals surface area contributed by atoms with Crippen LogP contribution < -0.4 is 5.32 Å². The second-order valence-corrected chi connectivity index (χ2v) is 4.48. The van der Waals surface area contributed by atoms with Crippen LogP contribution in [0.4, 0.5) is 0 Å². The van der Waals surface area contributed by atoms with Crippen molar-refractivity contribution in [1.29, 1.82) is 0 Å². The average molecular weight is 213 g/mol. The molecular formula is C11H19NO3. The van der Waals surface area contributed by atoms with E-state index in [1.807, 2.05) is 0 Å². The van der Waals surface area contributed by atoms with E-state index in [1.54, 1.807) is 0 Å². The van der Waals surface area contributed by atoms with E-state index >= 15 is 0 Å². The van der Waals surface area contributed by atoms with Crippen LogP contribution in [-0.2, 0) is 9.59 Å². The highest BCUT2D eigenvalue weighted by atomic mass is 16.4. The van der Waals surface area contributed by atoms with E-state index in [1.165, 1.54) is 19.3 Å². The molecule has 1 amide bonds. The summed E-state index contributed by atoms with van der Waals surface area (Å²) in [6.45, 7) is 2.94. The van der Waals surface area contributed by atoms with Crippen LogP contribution >= 0.6 is 0 Å². The standard InChI is InChI=1S/C11H19NO3/c1-8-2-3-9(6-8)7-12-10(13)4-5-11(14)15/h8-9H,2-7H2,1H3,(H,12,13)(H,14,15). The summed E-state index contributed by atoms with van der Waals surface area (Å²) in [5, 5.41) is 11.2. The second-order valence-electron chi connectivity index (χ2n) is 4.48. The lowest BCUT2D eigenvalue weighted by atomic mass is 10.1. The lowest BCUT2D eigenvalue weighted by Gasteiger charge is -2.10. The highest BCUT2D eigenvalue weighted by Gasteiger charge is 2.21. The number of nitrogens with one attached hydrogen (secondary N) is 1. The summed E-state index contributed by atoms with van der Waals surface area (Å²) in [6.07, 6.45) is 3.62. The maximum Gasteiger partial charge on any atom is 0.303 e. The van der Waals surface area contributed by atoms with Crippen molar-refractivity contribution >= 4 is 11.9 Å². The summed E-state index contributed by atoms with van der Waals surface area (Å²) >= 11 is 0. The van der Waals surface area contributed by atoms with Gasteiger partial charge < -0.3 is 10.4 Å². The van der Waals surface area contributed by atoms with Gasteiger partial charge in [0.2, 0.25) is 5.91 Å². The minimum atomic E-state index is -0.917. The molecule has 4 nitrogen and oxygen atoms in total. The number of hydrogen-bond acceptors (Lipinski definition) is 2. The number of carboxylic acids is 1. The molecule has 1 aliphatic rings. The van der Waals surface area contributed by atoms with E-state index in [4.69, 9.17) is 5.11 Å². The Bertz CT molecular complexity index is 240. The zero-order chi connectivity index (χ0) is 11.3. The van der Waals surface area contributed by atoms with E-state index in [9.17, 15) is 9.59 Å². The topological polar surface area (TPSA) is 66.4 Å². The fourth-order valence-corrected chi connectivity index (χ4v) is 2.08. The molecule has 1 aliphatic carbocycles. The van der Waals surface area contributed by atoms with Gasteiger partial charge in [-0.15, -0.1) is 0 Å². The van der Waals surface area contributed by atoms with Crippen molar-refractivity contribution in [3.63, 3.8) is 0 Å². The van der Waals surface area contributed by atoms with Crippen molar-refractivity contribution < 1.29 is 14.7 Å². The minimum Gasteiger partial charge on any atom is -0.481 e. The maximum atomic E-state index is 11.2. The molecule has 4 heteroatoms. The Morgan fingerprint density at radius 2 is 2.07 bits per heavy atom. The molecule has 0 aromatic heterocycles. The van der Waals surface area contributed by atoms with Gasteiger partial charge in [-0.3, -0.25) is 9.59 Å². The van der Waals surface area contributed by atoms with Crippen molar-refractivity contribution in [1.82, 2.24) is 5.32 Å². The Labute approximate surface area is 90.0 Å². The molecule has 0 heterocycles. The summed E-state index contributed by atoms with van der Waals surface area (Å²) in [7, 11) is 0. The van der Waals surface area contributed by atoms with E-state index in [2.05, 4.69) is 12.2 Å². The first kappa shape index (κ1) is 12.0. The third-order valence-electron chi connectivity index (χ3n) is 2.96. The quantitative estimate of drug-likeness (QED) is 0.725. The number of carbonyl (C=O) groups is 2. The van der Waals surface area contributed by atoms with Gasteiger partial charge in [0.1, 0.15) is 0 Å². The zero-order valence-corrected chi connectivity index (χ0v) is 9.16. The second kappa shape index (κ2) is 5.73. The summed E-state index contributed by atoms with van der Waals surface area (Å²) < 4.78 is 0. The molecule has 0 saturated heterocycles. The molecule has 1 rings (SSSR count).